The number of rotatable bonds is 6. The molecule has 16 heavy (non-hydrogen) atoms. The maximum Gasteiger partial charge on any atom is 0.241 e. The summed E-state index contributed by atoms with van der Waals surface area (Å²) in [5, 5.41) is 0. The molecule has 0 atom stereocenters. The van der Waals surface area contributed by atoms with Gasteiger partial charge in [0.15, 0.2) is 0 Å². The standard InChI is InChI=1S/C11H23N3O2/c1-10(2,5-6-11(3,4)12)8(15)7-9(16)14-13/h5-7,12-13H2,1-4H3,(H,14,16). The predicted octanol–water partition coefficient (Wildman–Crippen LogP) is 0.479. The van der Waals surface area contributed by atoms with E-state index >= 15 is 0 Å². The largest absolute Gasteiger partial charge is 0.326 e. The van der Waals surface area contributed by atoms with Gasteiger partial charge >= 0.3 is 0 Å². The zero-order valence-electron chi connectivity index (χ0n) is 10.6. The number of carbonyl (C=O) groups is 2. The third kappa shape index (κ3) is 5.82. The van der Waals surface area contributed by atoms with Gasteiger partial charge < -0.3 is 5.73 Å². The topological polar surface area (TPSA) is 98.2 Å². The number of nitrogens with two attached hydrogens (primary N) is 2. The van der Waals surface area contributed by atoms with E-state index in [1.807, 2.05) is 33.1 Å². The number of ketones is 1. The van der Waals surface area contributed by atoms with Gasteiger partial charge in [0.1, 0.15) is 5.78 Å². The van der Waals surface area contributed by atoms with Crippen LogP contribution in [0.5, 0.6) is 0 Å². The van der Waals surface area contributed by atoms with Crippen LogP contribution in [-0.4, -0.2) is 17.2 Å². The third-order valence-corrected chi connectivity index (χ3v) is 2.63. The quantitative estimate of drug-likeness (QED) is 0.267. The van der Waals surface area contributed by atoms with Crippen LogP contribution >= 0.6 is 0 Å². The highest BCUT2D eigenvalue weighted by Gasteiger charge is 2.30. The summed E-state index contributed by atoms with van der Waals surface area (Å²) in [4.78, 5) is 22.8. The van der Waals surface area contributed by atoms with Crippen LogP contribution in [0.3, 0.4) is 0 Å². The van der Waals surface area contributed by atoms with E-state index < -0.39 is 11.3 Å². The molecule has 0 aliphatic carbocycles. The molecule has 0 fully saturated rings. The van der Waals surface area contributed by atoms with E-state index in [9.17, 15) is 9.59 Å². The highest BCUT2D eigenvalue weighted by atomic mass is 16.2. The Hall–Kier alpha value is -0.940. The lowest BCUT2D eigenvalue weighted by Crippen LogP contribution is -2.38. The van der Waals surface area contributed by atoms with Crippen LogP contribution in [0.1, 0.15) is 47.0 Å². The van der Waals surface area contributed by atoms with Crippen molar-refractivity contribution in [3.8, 4) is 0 Å². The van der Waals surface area contributed by atoms with Crippen molar-refractivity contribution in [3.63, 3.8) is 0 Å². The molecule has 0 unspecified atom stereocenters. The second-order valence-electron chi connectivity index (χ2n) is 5.54. The van der Waals surface area contributed by atoms with Gasteiger partial charge in [-0.25, -0.2) is 5.84 Å². The molecule has 0 bridgehead atoms. The van der Waals surface area contributed by atoms with Crippen LogP contribution in [0.25, 0.3) is 0 Å². The van der Waals surface area contributed by atoms with Crippen molar-refractivity contribution in [2.45, 2.75) is 52.5 Å². The zero-order valence-corrected chi connectivity index (χ0v) is 10.6. The molecule has 0 aromatic heterocycles. The number of Topliss-reactive ketones (excluding diaryl/α,β-unsaturated/α-hetero) is 1. The highest BCUT2D eigenvalue weighted by Crippen LogP contribution is 2.27. The van der Waals surface area contributed by atoms with Crippen LogP contribution in [0.4, 0.5) is 0 Å². The molecule has 1 amide bonds. The molecule has 0 radical (unpaired) electrons. The first-order valence-corrected chi connectivity index (χ1v) is 5.40. The maximum absolute atomic E-state index is 11.8. The number of amides is 1. The molecular formula is C11H23N3O2. The molecule has 0 rings (SSSR count). The van der Waals surface area contributed by atoms with Gasteiger partial charge in [0.2, 0.25) is 5.91 Å². The van der Waals surface area contributed by atoms with Gasteiger partial charge in [0, 0.05) is 11.0 Å². The van der Waals surface area contributed by atoms with Crippen molar-refractivity contribution in [2.24, 2.45) is 17.0 Å². The fourth-order valence-corrected chi connectivity index (χ4v) is 1.21. The molecule has 0 aliphatic heterocycles. The van der Waals surface area contributed by atoms with E-state index in [0.717, 1.165) is 6.42 Å². The monoisotopic (exact) mass is 229 g/mol. The average molecular weight is 229 g/mol. The second kappa shape index (κ2) is 5.41. The summed E-state index contributed by atoms with van der Waals surface area (Å²) in [5.74, 6) is 4.37. The summed E-state index contributed by atoms with van der Waals surface area (Å²) < 4.78 is 0. The number of carbonyl (C=O) groups excluding carboxylic acids is 2. The first kappa shape index (κ1) is 15.1. The fourth-order valence-electron chi connectivity index (χ4n) is 1.21. The Bertz CT molecular complexity index is 267. The Kier molecular flexibility index (Phi) is 5.09. The summed E-state index contributed by atoms with van der Waals surface area (Å²) in [6.45, 7) is 7.48. The SMILES string of the molecule is CC(C)(N)CCC(C)(C)C(=O)CC(=O)NN. The van der Waals surface area contributed by atoms with E-state index in [4.69, 9.17) is 11.6 Å². The predicted molar refractivity (Wildman–Crippen MR) is 63.2 cm³/mol. The Labute approximate surface area is 96.9 Å². The van der Waals surface area contributed by atoms with E-state index in [1.165, 1.54) is 0 Å². The van der Waals surface area contributed by atoms with Crippen molar-refractivity contribution in [3.05, 3.63) is 0 Å². The van der Waals surface area contributed by atoms with Crippen LogP contribution < -0.4 is 17.0 Å². The Morgan fingerprint density at radius 2 is 1.62 bits per heavy atom. The second-order valence-corrected chi connectivity index (χ2v) is 5.54. The minimum absolute atomic E-state index is 0.111. The smallest absolute Gasteiger partial charge is 0.241 e. The maximum atomic E-state index is 11.8. The lowest BCUT2D eigenvalue weighted by molar-refractivity contribution is -0.133. The number of hydrogen-bond donors (Lipinski definition) is 3. The highest BCUT2D eigenvalue weighted by molar-refractivity contribution is 6.00. The molecule has 0 heterocycles. The summed E-state index contributed by atoms with van der Waals surface area (Å²) in [6.07, 6.45) is 1.22. The molecule has 5 heteroatoms. The molecule has 0 aromatic carbocycles. The van der Waals surface area contributed by atoms with Crippen LogP contribution in [0.15, 0.2) is 0 Å². The third-order valence-electron chi connectivity index (χ3n) is 2.63. The van der Waals surface area contributed by atoms with Gasteiger partial charge in [-0.1, -0.05) is 13.8 Å². The van der Waals surface area contributed by atoms with Gasteiger partial charge in [-0.3, -0.25) is 15.0 Å². The number of nitrogens with one attached hydrogen (secondary N) is 1. The number of hydrogen-bond acceptors (Lipinski definition) is 4. The van der Waals surface area contributed by atoms with E-state index in [1.54, 1.807) is 0 Å². The summed E-state index contributed by atoms with van der Waals surface area (Å²) >= 11 is 0. The Balaban J connectivity index is 4.31. The number of hydrazine groups is 1. The van der Waals surface area contributed by atoms with Crippen molar-refractivity contribution < 1.29 is 9.59 Å². The molecular weight excluding hydrogens is 206 g/mol. The molecule has 0 spiro atoms. The van der Waals surface area contributed by atoms with Gasteiger partial charge in [0.25, 0.3) is 0 Å². The average Bonchev–Trinajstić information content (AvgIpc) is 2.13. The van der Waals surface area contributed by atoms with Crippen molar-refractivity contribution in [1.29, 1.82) is 0 Å². The Morgan fingerprint density at radius 1 is 1.12 bits per heavy atom. The molecule has 5 nitrogen and oxygen atoms in total. The zero-order chi connectivity index (χ0) is 13.0. The molecule has 0 saturated carbocycles. The van der Waals surface area contributed by atoms with Crippen LogP contribution in [0, 0.1) is 5.41 Å². The molecule has 0 aromatic rings. The van der Waals surface area contributed by atoms with Gasteiger partial charge in [0.05, 0.1) is 6.42 Å². The first-order valence-electron chi connectivity index (χ1n) is 5.40. The van der Waals surface area contributed by atoms with Gasteiger partial charge in [-0.15, -0.1) is 0 Å². The van der Waals surface area contributed by atoms with Crippen molar-refractivity contribution in [2.75, 3.05) is 0 Å². The summed E-state index contributed by atoms with van der Waals surface area (Å²) in [6, 6.07) is 0. The molecule has 0 saturated heterocycles. The van der Waals surface area contributed by atoms with Crippen LogP contribution in [-0.2, 0) is 9.59 Å². The Morgan fingerprint density at radius 3 is 2.00 bits per heavy atom. The molecule has 94 valence electrons. The van der Waals surface area contributed by atoms with E-state index in [-0.39, 0.29) is 17.7 Å². The summed E-state index contributed by atoms with van der Waals surface area (Å²) in [7, 11) is 0. The van der Waals surface area contributed by atoms with Crippen molar-refractivity contribution >= 4 is 11.7 Å². The first-order chi connectivity index (χ1) is 7.08. The minimum atomic E-state index is -0.539. The lowest BCUT2D eigenvalue weighted by Gasteiger charge is -2.27. The fraction of sp³-hybridized carbons (Fsp3) is 0.818. The van der Waals surface area contributed by atoms with Crippen molar-refractivity contribution in [1.82, 2.24) is 5.43 Å². The minimum Gasteiger partial charge on any atom is -0.326 e. The normalized spacial score (nSPS) is 12.4. The van der Waals surface area contributed by atoms with E-state index in [0.29, 0.717) is 6.42 Å². The van der Waals surface area contributed by atoms with Gasteiger partial charge in [-0.05, 0) is 26.7 Å². The van der Waals surface area contributed by atoms with Crippen LogP contribution in [0.2, 0.25) is 0 Å². The summed E-state index contributed by atoms with van der Waals surface area (Å²) in [5.41, 5.74) is 6.98. The van der Waals surface area contributed by atoms with E-state index in [2.05, 4.69) is 0 Å². The lowest BCUT2D eigenvalue weighted by atomic mass is 9.79. The van der Waals surface area contributed by atoms with Gasteiger partial charge in [-0.2, -0.15) is 0 Å². The molecule has 5 N–H and O–H groups in total. The molecule has 0 aliphatic rings.